The summed E-state index contributed by atoms with van der Waals surface area (Å²) in [5, 5.41) is 9.19. The standard InChI is InChI=1S/C11H18N4O2S/c1-2-17-10(16)8-4-3-5-15(6-8)7-9-13-14-11(12)18-9/h8H,2-7H2,1H3,(H2,12,14). The van der Waals surface area contributed by atoms with Crippen LogP contribution in [0, 0.1) is 5.92 Å². The van der Waals surface area contributed by atoms with E-state index in [0.717, 1.165) is 30.9 Å². The van der Waals surface area contributed by atoms with Crippen LogP contribution in [0.2, 0.25) is 0 Å². The third-order valence-electron chi connectivity index (χ3n) is 2.97. The van der Waals surface area contributed by atoms with Crippen LogP contribution >= 0.6 is 11.3 Å². The normalized spacial score (nSPS) is 20.8. The Labute approximate surface area is 110 Å². The molecule has 1 aromatic heterocycles. The third kappa shape index (κ3) is 3.39. The molecule has 0 radical (unpaired) electrons. The molecule has 0 saturated carbocycles. The van der Waals surface area contributed by atoms with E-state index in [4.69, 9.17) is 10.5 Å². The van der Waals surface area contributed by atoms with Crippen LogP contribution < -0.4 is 5.73 Å². The van der Waals surface area contributed by atoms with Crippen molar-refractivity contribution < 1.29 is 9.53 Å². The van der Waals surface area contributed by atoms with Gasteiger partial charge >= 0.3 is 5.97 Å². The summed E-state index contributed by atoms with van der Waals surface area (Å²) in [7, 11) is 0. The van der Waals surface area contributed by atoms with E-state index in [9.17, 15) is 4.79 Å². The van der Waals surface area contributed by atoms with E-state index < -0.39 is 0 Å². The molecule has 0 aliphatic carbocycles. The molecule has 0 aromatic carbocycles. The fraction of sp³-hybridized carbons (Fsp3) is 0.727. The first-order valence-corrected chi connectivity index (χ1v) is 6.97. The number of nitrogen functional groups attached to an aromatic ring is 1. The van der Waals surface area contributed by atoms with Crippen molar-refractivity contribution in [3.63, 3.8) is 0 Å². The molecule has 2 heterocycles. The first kappa shape index (κ1) is 13.2. The molecule has 1 unspecified atom stereocenters. The van der Waals surface area contributed by atoms with Gasteiger partial charge in [0.1, 0.15) is 5.01 Å². The van der Waals surface area contributed by atoms with Crippen LogP contribution in [0.1, 0.15) is 24.8 Å². The number of hydrogen-bond donors (Lipinski definition) is 1. The van der Waals surface area contributed by atoms with Crippen molar-refractivity contribution in [1.82, 2.24) is 15.1 Å². The second-order valence-corrected chi connectivity index (χ2v) is 5.45. The summed E-state index contributed by atoms with van der Waals surface area (Å²) < 4.78 is 5.07. The number of likely N-dealkylation sites (tertiary alicyclic amines) is 1. The number of hydrogen-bond acceptors (Lipinski definition) is 7. The fourth-order valence-corrected chi connectivity index (χ4v) is 2.83. The van der Waals surface area contributed by atoms with Gasteiger partial charge in [-0.3, -0.25) is 9.69 Å². The molecule has 18 heavy (non-hydrogen) atoms. The lowest BCUT2D eigenvalue weighted by Gasteiger charge is -2.30. The smallest absolute Gasteiger partial charge is 0.310 e. The van der Waals surface area contributed by atoms with Gasteiger partial charge in [0, 0.05) is 6.54 Å². The molecule has 6 nitrogen and oxygen atoms in total. The summed E-state index contributed by atoms with van der Waals surface area (Å²) in [4.78, 5) is 13.9. The van der Waals surface area contributed by atoms with E-state index in [-0.39, 0.29) is 11.9 Å². The number of rotatable bonds is 4. The second-order valence-electron chi connectivity index (χ2n) is 4.36. The molecule has 1 fully saturated rings. The molecule has 7 heteroatoms. The number of piperidine rings is 1. The summed E-state index contributed by atoms with van der Waals surface area (Å²) in [6, 6.07) is 0. The topological polar surface area (TPSA) is 81.3 Å². The lowest BCUT2D eigenvalue weighted by molar-refractivity contribution is -0.150. The van der Waals surface area contributed by atoms with Gasteiger partial charge in [0.05, 0.1) is 19.1 Å². The highest BCUT2D eigenvalue weighted by Crippen LogP contribution is 2.21. The van der Waals surface area contributed by atoms with Gasteiger partial charge in [-0.05, 0) is 26.3 Å². The van der Waals surface area contributed by atoms with Crippen molar-refractivity contribution in [3.8, 4) is 0 Å². The van der Waals surface area contributed by atoms with E-state index in [1.807, 2.05) is 6.92 Å². The number of aromatic nitrogens is 2. The lowest BCUT2D eigenvalue weighted by Crippen LogP contribution is -2.38. The summed E-state index contributed by atoms with van der Waals surface area (Å²) in [5.41, 5.74) is 5.55. The minimum atomic E-state index is -0.0843. The number of carbonyl (C=O) groups excluding carboxylic acids is 1. The molecule has 2 N–H and O–H groups in total. The maximum absolute atomic E-state index is 11.7. The Bertz CT molecular complexity index is 410. The number of nitrogens with zero attached hydrogens (tertiary/aromatic N) is 3. The van der Waals surface area contributed by atoms with E-state index in [1.165, 1.54) is 11.3 Å². The SMILES string of the molecule is CCOC(=O)C1CCCN(Cc2nnc(N)s2)C1. The van der Waals surface area contributed by atoms with Crippen molar-refractivity contribution >= 4 is 22.4 Å². The zero-order valence-electron chi connectivity index (χ0n) is 10.5. The van der Waals surface area contributed by atoms with E-state index in [1.54, 1.807) is 0 Å². The molecule has 0 amide bonds. The Hall–Kier alpha value is -1.21. The number of carbonyl (C=O) groups is 1. The van der Waals surface area contributed by atoms with Crippen molar-refractivity contribution in [2.45, 2.75) is 26.3 Å². The molecule has 2 rings (SSSR count). The molecule has 100 valence electrons. The Balaban J connectivity index is 1.88. The van der Waals surface area contributed by atoms with Crippen LogP contribution in [0.3, 0.4) is 0 Å². The largest absolute Gasteiger partial charge is 0.466 e. The summed E-state index contributed by atoms with van der Waals surface area (Å²) in [6.45, 7) is 4.71. The average molecular weight is 270 g/mol. The molecule has 1 aliphatic rings. The van der Waals surface area contributed by atoms with Crippen molar-refractivity contribution in [3.05, 3.63) is 5.01 Å². The minimum absolute atomic E-state index is 0.0102. The third-order valence-corrected chi connectivity index (χ3v) is 3.70. The molecule has 0 bridgehead atoms. The maximum Gasteiger partial charge on any atom is 0.310 e. The first-order valence-electron chi connectivity index (χ1n) is 6.16. The zero-order chi connectivity index (χ0) is 13.0. The van der Waals surface area contributed by atoms with Gasteiger partial charge in [0.15, 0.2) is 0 Å². The van der Waals surface area contributed by atoms with Crippen LogP contribution in [0.15, 0.2) is 0 Å². The Morgan fingerprint density at radius 1 is 1.61 bits per heavy atom. The van der Waals surface area contributed by atoms with E-state index in [0.29, 0.717) is 18.3 Å². The van der Waals surface area contributed by atoms with Gasteiger partial charge < -0.3 is 10.5 Å². The van der Waals surface area contributed by atoms with Gasteiger partial charge in [0.25, 0.3) is 0 Å². The Kier molecular flexibility index (Phi) is 4.48. The fourth-order valence-electron chi connectivity index (χ4n) is 2.17. The average Bonchev–Trinajstić information content (AvgIpc) is 2.75. The quantitative estimate of drug-likeness (QED) is 0.818. The predicted molar refractivity (Wildman–Crippen MR) is 69.0 cm³/mol. The molecule has 1 atom stereocenters. The van der Waals surface area contributed by atoms with Gasteiger partial charge in [-0.2, -0.15) is 0 Å². The Morgan fingerprint density at radius 3 is 3.11 bits per heavy atom. The molecule has 1 aliphatic heterocycles. The number of nitrogens with two attached hydrogens (primary N) is 1. The van der Waals surface area contributed by atoms with Crippen molar-refractivity contribution in [2.75, 3.05) is 25.4 Å². The second kappa shape index (κ2) is 6.10. The van der Waals surface area contributed by atoms with Gasteiger partial charge in [-0.1, -0.05) is 11.3 Å². The van der Waals surface area contributed by atoms with Crippen LogP contribution in [0.5, 0.6) is 0 Å². The van der Waals surface area contributed by atoms with E-state index >= 15 is 0 Å². The minimum Gasteiger partial charge on any atom is -0.466 e. The number of ether oxygens (including phenoxy) is 1. The monoisotopic (exact) mass is 270 g/mol. The lowest BCUT2D eigenvalue weighted by atomic mass is 9.98. The summed E-state index contributed by atoms with van der Waals surface area (Å²) in [5.74, 6) is -0.0945. The van der Waals surface area contributed by atoms with Crippen LogP contribution in [-0.4, -0.2) is 40.8 Å². The van der Waals surface area contributed by atoms with E-state index in [2.05, 4.69) is 15.1 Å². The highest BCUT2D eigenvalue weighted by molar-refractivity contribution is 7.15. The van der Waals surface area contributed by atoms with Gasteiger partial charge in [-0.15, -0.1) is 10.2 Å². The molecule has 1 saturated heterocycles. The molecule has 1 aromatic rings. The highest BCUT2D eigenvalue weighted by Gasteiger charge is 2.27. The van der Waals surface area contributed by atoms with Gasteiger partial charge in [0.2, 0.25) is 5.13 Å². The van der Waals surface area contributed by atoms with Gasteiger partial charge in [-0.25, -0.2) is 0 Å². The highest BCUT2D eigenvalue weighted by atomic mass is 32.1. The molecular weight excluding hydrogens is 252 g/mol. The number of esters is 1. The molecule has 0 spiro atoms. The summed E-state index contributed by atoms with van der Waals surface area (Å²) in [6.07, 6.45) is 1.92. The molecular formula is C11H18N4O2S. The first-order chi connectivity index (χ1) is 8.69. The van der Waals surface area contributed by atoms with Crippen LogP contribution in [-0.2, 0) is 16.1 Å². The summed E-state index contributed by atoms with van der Waals surface area (Å²) >= 11 is 1.40. The predicted octanol–water partition coefficient (Wildman–Crippen LogP) is 0.895. The van der Waals surface area contributed by atoms with Crippen LogP contribution in [0.25, 0.3) is 0 Å². The van der Waals surface area contributed by atoms with Crippen molar-refractivity contribution in [1.29, 1.82) is 0 Å². The van der Waals surface area contributed by atoms with Crippen LogP contribution in [0.4, 0.5) is 5.13 Å². The maximum atomic E-state index is 11.7. The zero-order valence-corrected chi connectivity index (χ0v) is 11.3. The Morgan fingerprint density at radius 2 is 2.44 bits per heavy atom. The number of anilines is 1. The van der Waals surface area contributed by atoms with Crippen molar-refractivity contribution in [2.24, 2.45) is 5.92 Å².